The average Bonchev–Trinajstić information content (AvgIpc) is 3.01. The molecule has 6 heteroatoms. The zero-order valence-electron chi connectivity index (χ0n) is 12.5. The molecule has 5 nitrogen and oxygen atoms in total. The van der Waals surface area contributed by atoms with Crippen molar-refractivity contribution in [1.82, 2.24) is 15.0 Å². The summed E-state index contributed by atoms with van der Waals surface area (Å²) in [7, 11) is 0. The van der Waals surface area contributed by atoms with Crippen molar-refractivity contribution >= 4 is 23.2 Å². The van der Waals surface area contributed by atoms with E-state index in [1.54, 1.807) is 29.1 Å². The predicted molar refractivity (Wildman–Crippen MR) is 89.7 cm³/mol. The standard InChI is InChI=1S/C17H15ClN4O/c1-12-14(18)8-5-9-15(12)19-17(23)16-11-22(21-20-16)10-13-6-3-2-4-7-13/h2-9,11H,10H2,1H3,(H,19,23). The molecule has 0 aliphatic carbocycles. The van der Waals surface area contributed by atoms with Gasteiger partial charge in [-0.2, -0.15) is 0 Å². The van der Waals surface area contributed by atoms with Gasteiger partial charge in [-0.15, -0.1) is 5.10 Å². The third kappa shape index (κ3) is 3.57. The molecule has 0 atom stereocenters. The largest absolute Gasteiger partial charge is 0.320 e. The van der Waals surface area contributed by atoms with Crippen molar-refractivity contribution in [1.29, 1.82) is 0 Å². The first kappa shape index (κ1) is 15.2. The molecule has 1 amide bonds. The molecule has 0 aliphatic rings. The van der Waals surface area contributed by atoms with Crippen molar-refractivity contribution in [3.63, 3.8) is 0 Å². The van der Waals surface area contributed by atoms with E-state index in [0.717, 1.165) is 11.1 Å². The quantitative estimate of drug-likeness (QED) is 0.797. The van der Waals surface area contributed by atoms with Gasteiger partial charge in [-0.25, -0.2) is 4.68 Å². The van der Waals surface area contributed by atoms with Gasteiger partial charge in [-0.05, 0) is 30.2 Å². The fourth-order valence-corrected chi connectivity index (χ4v) is 2.35. The topological polar surface area (TPSA) is 59.8 Å². The monoisotopic (exact) mass is 326 g/mol. The fraction of sp³-hybridized carbons (Fsp3) is 0.118. The van der Waals surface area contributed by atoms with E-state index in [1.165, 1.54) is 0 Å². The third-order valence-corrected chi connectivity index (χ3v) is 3.88. The van der Waals surface area contributed by atoms with E-state index in [4.69, 9.17) is 11.6 Å². The molecule has 3 aromatic rings. The molecule has 0 saturated carbocycles. The second-order valence-corrected chi connectivity index (χ2v) is 5.56. The minimum atomic E-state index is -0.310. The number of carbonyl (C=O) groups is 1. The summed E-state index contributed by atoms with van der Waals surface area (Å²) in [6.45, 7) is 2.42. The summed E-state index contributed by atoms with van der Waals surface area (Å²) in [6.07, 6.45) is 1.63. The molecule has 0 unspecified atom stereocenters. The summed E-state index contributed by atoms with van der Waals surface area (Å²) in [4.78, 5) is 12.3. The van der Waals surface area contributed by atoms with E-state index < -0.39 is 0 Å². The van der Waals surface area contributed by atoms with Gasteiger partial charge in [0.2, 0.25) is 0 Å². The van der Waals surface area contributed by atoms with Gasteiger partial charge in [0, 0.05) is 10.7 Å². The summed E-state index contributed by atoms with van der Waals surface area (Å²) < 4.78 is 1.63. The Morgan fingerprint density at radius 1 is 1.17 bits per heavy atom. The number of nitrogens with zero attached hydrogens (tertiary/aromatic N) is 3. The van der Waals surface area contributed by atoms with E-state index in [9.17, 15) is 4.79 Å². The number of anilines is 1. The fourth-order valence-electron chi connectivity index (χ4n) is 2.18. The Morgan fingerprint density at radius 3 is 2.74 bits per heavy atom. The molecule has 0 fully saturated rings. The Hall–Kier alpha value is -2.66. The van der Waals surface area contributed by atoms with E-state index in [-0.39, 0.29) is 11.6 Å². The summed E-state index contributed by atoms with van der Waals surface area (Å²) >= 11 is 6.05. The van der Waals surface area contributed by atoms with Crippen LogP contribution in [-0.4, -0.2) is 20.9 Å². The molecule has 2 aromatic carbocycles. The number of aromatic nitrogens is 3. The van der Waals surface area contributed by atoms with Crippen molar-refractivity contribution < 1.29 is 4.79 Å². The van der Waals surface area contributed by atoms with E-state index >= 15 is 0 Å². The summed E-state index contributed by atoms with van der Waals surface area (Å²) in [5.41, 5.74) is 2.84. The van der Waals surface area contributed by atoms with Gasteiger partial charge in [0.15, 0.2) is 5.69 Å². The maximum absolute atomic E-state index is 12.3. The summed E-state index contributed by atoms with van der Waals surface area (Å²) in [5, 5.41) is 11.3. The van der Waals surface area contributed by atoms with Gasteiger partial charge in [-0.1, -0.05) is 53.2 Å². The molecule has 116 valence electrons. The number of halogens is 1. The van der Waals surface area contributed by atoms with Crippen LogP contribution in [0.15, 0.2) is 54.7 Å². The van der Waals surface area contributed by atoms with Crippen LogP contribution in [0.5, 0.6) is 0 Å². The van der Waals surface area contributed by atoms with Crippen LogP contribution in [0.2, 0.25) is 5.02 Å². The highest BCUT2D eigenvalue weighted by molar-refractivity contribution is 6.31. The first-order chi connectivity index (χ1) is 11.1. The van der Waals surface area contributed by atoms with Gasteiger partial charge in [0.05, 0.1) is 12.7 Å². The first-order valence-corrected chi connectivity index (χ1v) is 7.52. The molecule has 0 aliphatic heterocycles. The molecule has 1 N–H and O–H groups in total. The number of hydrogen-bond acceptors (Lipinski definition) is 3. The normalized spacial score (nSPS) is 10.5. The van der Waals surface area contributed by atoms with Crippen molar-refractivity contribution in [3.8, 4) is 0 Å². The molecule has 0 saturated heterocycles. The highest BCUT2D eigenvalue weighted by Gasteiger charge is 2.13. The van der Waals surface area contributed by atoms with Crippen LogP contribution in [0.1, 0.15) is 21.6 Å². The minimum absolute atomic E-state index is 0.264. The van der Waals surface area contributed by atoms with Crippen molar-refractivity contribution in [3.05, 3.63) is 76.6 Å². The average molecular weight is 327 g/mol. The van der Waals surface area contributed by atoms with Gasteiger partial charge >= 0.3 is 0 Å². The number of hydrogen-bond donors (Lipinski definition) is 1. The lowest BCUT2D eigenvalue weighted by molar-refractivity contribution is 0.102. The lowest BCUT2D eigenvalue weighted by Crippen LogP contribution is -2.13. The lowest BCUT2D eigenvalue weighted by atomic mass is 10.2. The Balaban J connectivity index is 1.72. The van der Waals surface area contributed by atoms with Gasteiger partial charge in [0.25, 0.3) is 5.91 Å². The Labute approximate surface area is 138 Å². The van der Waals surface area contributed by atoms with Crippen molar-refractivity contribution in [2.45, 2.75) is 13.5 Å². The Kier molecular flexibility index (Phi) is 4.39. The number of nitrogens with one attached hydrogen (secondary N) is 1. The second kappa shape index (κ2) is 6.62. The van der Waals surface area contributed by atoms with E-state index in [0.29, 0.717) is 17.3 Å². The third-order valence-electron chi connectivity index (χ3n) is 3.47. The maximum atomic E-state index is 12.3. The second-order valence-electron chi connectivity index (χ2n) is 5.15. The minimum Gasteiger partial charge on any atom is -0.320 e. The van der Waals surface area contributed by atoms with Crippen LogP contribution < -0.4 is 5.32 Å². The molecule has 23 heavy (non-hydrogen) atoms. The molecule has 1 aromatic heterocycles. The SMILES string of the molecule is Cc1c(Cl)cccc1NC(=O)c1cn(Cc2ccccc2)nn1. The molecular formula is C17H15ClN4O. The maximum Gasteiger partial charge on any atom is 0.277 e. The van der Waals surface area contributed by atoms with Crippen LogP contribution in [0.25, 0.3) is 0 Å². The smallest absolute Gasteiger partial charge is 0.277 e. The molecular weight excluding hydrogens is 312 g/mol. The number of rotatable bonds is 4. The molecule has 0 spiro atoms. The van der Waals surface area contributed by atoms with Crippen molar-refractivity contribution in [2.24, 2.45) is 0 Å². The number of benzene rings is 2. The van der Waals surface area contributed by atoms with Crippen LogP contribution in [-0.2, 0) is 6.54 Å². The number of amides is 1. The highest BCUT2D eigenvalue weighted by atomic mass is 35.5. The van der Waals surface area contributed by atoms with Crippen LogP contribution in [0.3, 0.4) is 0 Å². The summed E-state index contributed by atoms with van der Waals surface area (Å²) in [5.74, 6) is -0.310. The van der Waals surface area contributed by atoms with Crippen LogP contribution in [0.4, 0.5) is 5.69 Å². The van der Waals surface area contributed by atoms with Gasteiger partial charge in [0.1, 0.15) is 0 Å². The van der Waals surface area contributed by atoms with Crippen LogP contribution in [0, 0.1) is 6.92 Å². The molecule has 3 rings (SSSR count). The zero-order valence-corrected chi connectivity index (χ0v) is 13.3. The molecule has 0 radical (unpaired) electrons. The zero-order chi connectivity index (χ0) is 16.2. The molecule has 0 bridgehead atoms. The van der Waals surface area contributed by atoms with Gasteiger partial charge < -0.3 is 5.32 Å². The first-order valence-electron chi connectivity index (χ1n) is 7.14. The van der Waals surface area contributed by atoms with Gasteiger partial charge in [-0.3, -0.25) is 4.79 Å². The summed E-state index contributed by atoms with van der Waals surface area (Å²) in [6, 6.07) is 15.2. The Morgan fingerprint density at radius 2 is 1.96 bits per heavy atom. The van der Waals surface area contributed by atoms with E-state index in [2.05, 4.69) is 15.6 Å². The lowest BCUT2D eigenvalue weighted by Gasteiger charge is -2.07. The highest BCUT2D eigenvalue weighted by Crippen LogP contribution is 2.23. The Bertz CT molecular complexity index is 830. The molecule has 1 heterocycles. The van der Waals surface area contributed by atoms with Crippen molar-refractivity contribution in [2.75, 3.05) is 5.32 Å². The van der Waals surface area contributed by atoms with Crippen LogP contribution >= 0.6 is 11.6 Å². The number of carbonyl (C=O) groups excluding carboxylic acids is 1. The van der Waals surface area contributed by atoms with E-state index in [1.807, 2.05) is 37.3 Å². The predicted octanol–water partition coefficient (Wildman–Crippen LogP) is 3.54.